The molecular formula is C24H16BrClN2O. The van der Waals surface area contributed by atoms with Gasteiger partial charge in [0.25, 0.3) is 0 Å². The van der Waals surface area contributed by atoms with Gasteiger partial charge in [-0.15, -0.1) is 0 Å². The van der Waals surface area contributed by atoms with Crippen LogP contribution in [0.25, 0.3) is 17.0 Å². The van der Waals surface area contributed by atoms with Gasteiger partial charge in [0.2, 0.25) is 0 Å². The van der Waals surface area contributed by atoms with E-state index in [2.05, 4.69) is 26.2 Å². The van der Waals surface area contributed by atoms with E-state index in [1.165, 1.54) is 0 Å². The molecule has 1 heterocycles. The van der Waals surface area contributed by atoms with Crippen LogP contribution in [0.15, 0.2) is 89.5 Å². The molecule has 0 atom stereocenters. The van der Waals surface area contributed by atoms with Crippen LogP contribution in [0, 0.1) is 0 Å². The number of nitrogens with zero attached hydrogens (tertiary/aromatic N) is 1. The number of benzene rings is 3. The number of carbonyl (C=O) groups excluding carboxylic acids is 1. The van der Waals surface area contributed by atoms with E-state index >= 15 is 0 Å². The Labute approximate surface area is 182 Å². The van der Waals surface area contributed by atoms with Gasteiger partial charge >= 0.3 is 0 Å². The summed E-state index contributed by atoms with van der Waals surface area (Å²) >= 11 is 9.53. The second-order valence-electron chi connectivity index (χ2n) is 6.44. The number of pyridine rings is 1. The summed E-state index contributed by atoms with van der Waals surface area (Å²) in [5, 5.41) is 5.01. The van der Waals surface area contributed by atoms with Crippen LogP contribution in [0.3, 0.4) is 0 Å². The number of allylic oxidation sites excluding steroid dienone is 1. The SMILES string of the molecule is O=C(/C=C/c1ccccc1Br)c1ccc(Nc2ccnc3cc(Cl)ccc23)cc1. The molecule has 4 rings (SSSR count). The normalized spacial score (nSPS) is 11.1. The number of rotatable bonds is 5. The number of nitrogens with one attached hydrogen (secondary N) is 1. The van der Waals surface area contributed by atoms with Crippen molar-refractivity contribution in [3.63, 3.8) is 0 Å². The summed E-state index contributed by atoms with van der Waals surface area (Å²) in [7, 11) is 0. The van der Waals surface area contributed by atoms with Crippen molar-refractivity contribution in [1.82, 2.24) is 4.98 Å². The maximum absolute atomic E-state index is 12.5. The smallest absolute Gasteiger partial charge is 0.185 e. The van der Waals surface area contributed by atoms with Gasteiger partial charge in [-0.25, -0.2) is 0 Å². The third-order valence-corrected chi connectivity index (χ3v) is 5.43. The molecule has 0 unspecified atom stereocenters. The van der Waals surface area contributed by atoms with Crippen molar-refractivity contribution in [2.24, 2.45) is 0 Å². The topological polar surface area (TPSA) is 42.0 Å². The highest BCUT2D eigenvalue weighted by atomic mass is 79.9. The average Bonchev–Trinajstić information content (AvgIpc) is 2.73. The third-order valence-electron chi connectivity index (χ3n) is 4.47. The Morgan fingerprint density at radius 3 is 2.59 bits per heavy atom. The van der Waals surface area contributed by atoms with Gasteiger partial charge in [0.15, 0.2) is 5.78 Å². The van der Waals surface area contributed by atoms with Gasteiger partial charge in [0.1, 0.15) is 0 Å². The van der Waals surface area contributed by atoms with Crippen molar-refractivity contribution in [2.75, 3.05) is 5.32 Å². The number of halogens is 2. The van der Waals surface area contributed by atoms with Gasteiger partial charge in [0.05, 0.1) is 5.52 Å². The molecular weight excluding hydrogens is 448 g/mol. The largest absolute Gasteiger partial charge is 0.355 e. The fraction of sp³-hybridized carbons (Fsp3) is 0. The minimum Gasteiger partial charge on any atom is -0.355 e. The van der Waals surface area contributed by atoms with Crippen molar-refractivity contribution in [3.8, 4) is 0 Å². The lowest BCUT2D eigenvalue weighted by Crippen LogP contribution is -1.96. The Morgan fingerprint density at radius 1 is 1.00 bits per heavy atom. The van der Waals surface area contributed by atoms with Gasteiger partial charge < -0.3 is 5.32 Å². The van der Waals surface area contributed by atoms with E-state index < -0.39 is 0 Å². The summed E-state index contributed by atoms with van der Waals surface area (Å²) in [6, 6.07) is 22.7. The van der Waals surface area contributed by atoms with Crippen LogP contribution in [-0.4, -0.2) is 10.8 Å². The lowest BCUT2D eigenvalue weighted by Gasteiger charge is -2.10. The van der Waals surface area contributed by atoms with Crippen molar-refractivity contribution >= 4 is 61.7 Å². The van der Waals surface area contributed by atoms with Crippen molar-refractivity contribution in [2.45, 2.75) is 0 Å². The highest BCUT2D eigenvalue weighted by molar-refractivity contribution is 9.10. The Hall–Kier alpha value is -2.95. The maximum Gasteiger partial charge on any atom is 0.185 e. The van der Waals surface area contributed by atoms with Crippen LogP contribution in [0.4, 0.5) is 11.4 Å². The molecule has 4 aromatic rings. The van der Waals surface area contributed by atoms with Crippen molar-refractivity contribution in [1.29, 1.82) is 0 Å². The lowest BCUT2D eigenvalue weighted by molar-refractivity contribution is 0.104. The van der Waals surface area contributed by atoms with Gasteiger partial charge in [-0.2, -0.15) is 0 Å². The van der Waals surface area contributed by atoms with Gasteiger partial charge in [-0.05, 0) is 72.3 Å². The molecule has 0 fully saturated rings. The lowest BCUT2D eigenvalue weighted by atomic mass is 10.1. The van der Waals surface area contributed by atoms with Crippen LogP contribution < -0.4 is 5.32 Å². The molecule has 0 aliphatic carbocycles. The molecule has 3 aromatic carbocycles. The third kappa shape index (κ3) is 4.56. The average molecular weight is 464 g/mol. The van der Waals surface area contributed by atoms with Gasteiger partial charge in [0, 0.05) is 38.0 Å². The van der Waals surface area contributed by atoms with Crippen LogP contribution in [-0.2, 0) is 0 Å². The minimum atomic E-state index is -0.0451. The zero-order chi connectivity index (χ0) is 20.2. The molecule has 1 N–H and O–H groups in total. The first-order valence-electron chi connectivity index (χ1n) is 8.98. The van der Waals surface area contributed by atoms with Crippen LogP contribution in [0.2, 0.25) is 5.02 Å². The van der Waals surface area contributed by atoms with Crippen LogP contribution in [0.1, 0.15) is 15.9 Å². The highest BCUT2D eigenvalue weighted by Gasteiger charge is 2.05. The number of ketones is 1. The molecule has 0 saturated heterocycles. The van der Waals surface area contributed by atoms with E-state index in [1.54, 1.807) is 12.3 Å². The van der Waals surface area contributed by atoms with Gasteiger partial charge in [-0.1, -0.05) is 45.7 Å². The molecule has 0 aliphatic rings. The molecule has 1 aromatic heterocycles. The maximum atomic E-state index is 12.5. The first-order valence-corrected chi connectivity index (χ1v) is 10.2. The number of fused-ring (bicyclic) bond motifs is 1. The molecule has 142 valence electrons. The number of aromatic nitrogens is 1. The molecule has 0 amide bonds. The van der Waals surface area contributed by atoms with Gasteiger partial charge in [-0.3, -0.25) is 9.78 Å². The Bertz CT molecular complexity index is 1220. The Balaban J connectivity index is 1.51. The zero-order valence-corrected chi connectivity index (χ0v) is 17.6. The number of carbonyl (C=O) groups is 1. The van der Waals surface area contributed by atoms with E-state index in [-0.39, 0.29) is 5.78 Å². The summed E-state index contributed by atoms with van der Waals surface area (Å²) < 4.78 is 0.953. The number of anilines is 2. The fourth-order valence-electron chi connectivity index (χ4n) is 2.98. The summed E-state index contributed by atoms with van der Waals surface area (Å²) in [6.07, 6.45) is 5.14. The first kappa shape index (κ1) is 19.4. The zero-order valence-electron chi connectivity index (χ0n) is 15.3. The predicted molar refractivity (Wildman–Crippen MR) is 124 cm³/mol. The standard InChI is InChI=1S/C24H16BrClN2O/c25-21-4-2-1-3-16(21)7-12-24(29)17-5-9-19(10-6-17)28-22-13-14-27-23-15-18(26)8-11-20(22)23/h1-15H,(H,27,28)/b12-7+. The Morgan fingerprint density at radius 2 is 1.79 bits per heavy atom. The monoisotopic (exact) mass is 462 g/mol. The summed E-state index contributed by atoms with van der Waals surface area (Å²) in [4.78, 5) is 16.8. The predicted octanol–water partition coefficient (Wildman–Crippen LogP) is 7.29. The summed E-state index contributed by atoms with van der Waals surface area (Å²) in [6.45, 7) is 0. The second-order valence-corrected chi connectivity index (χ2v) is 7.73. The Kier molecular flexibility index (Phi) is 5.74. The minimum absolute atomic E-state index is 0.0451. The van der Waals surface area contributed by atoms with E-state index in [0.29, 0.717) is 10.6 Å². The van der Waals surface area contributed by atoms with E-state index in [9.17, 15) is 4.79 Å². The molecule has 29 heavy (non-hydrogen) atoms. The summed E-state index contributed by atoms with van der Waals surface area (Å²) in [5.74, 6) is -0.0451. The first-order chi connectivity index (χ1) is 14.1. The molecule has 0 bridgehead atoms. The van der Waals surface area contributed by atoms with Crippen molar-refractivity contribution < 1.29 is 4.79 Å². The summed E-state index contributed by atoms with van der Waals surface area (Å²) in [5.41, 5.74) is 4.24. The molecule has 0 radical (unpaired) electrons. The van der Waals surface area contributed by atoms with Crippen LogP contribution >= 0.6 is 27.5 Å². The van der Waals surface area contributed by atoms with E-state index in [4.69, 9.17) is 11.6 Å². The fourth-order valence-corrected chi connectivity index (χ4v) is 3.56. The quantitative estimate of drug-likeness (QED) is 0.249. The molecule has 5 heteroatoms. The number of hydrogen-bond acceptors (Lipinski definition) is 3. The second kappa shape index (κ2) is 8.60. The molecule has 0 aliphatic heterocycles. The molecule has 3 nitrogen and oxygen atoms in total. The van der Waals surface area contributed by atoms with Crippen LogP contribution in [0.5, 0.6) is 0 Å². The van der Waals surface area contributed by atoms with E-state index in [1.807, 2.05) is 78.9 Å². The van der Waals surface area contributed by atoms with Crippen molar-refractivity contribution in [3.05, 3.63) is 106 Å². The highest BCUT2D eigenvalue weighted by Crippen LogP contribution is 2.27. The number of hydrogen-bond donors (Lipinski definition) is 1. The van der Waals surface area contributed by atoms with E-state index in [0.717, 1.165) is 32.3 Å². The molecule has 0 saturated carbocycles. The molecule has 0 spiro atoms.